The molecule has 98 valence electrons. The first-order valence-electron chi connectivity index (χ1n) is 5.95. The molecule has 1 rings (SSSR count). The number of nitriles is 1. The Morgan fingerprint density at radius 3 is 2.59 bits per heavy atom. The largest absolute Gasteiger partial charge is 0.378 e. The molecule has 0 spiro atoms. The second-order valence-electron chi connectivity index (χ2n) is 4.49. The van der Waals surface area contributed by atoms with Crippen LogP contribution in [0.5, 0.6) is 0 Å². The minimum absolute atomic E-state index is 0.00705. The van der Waals surface area contributed by atoms with Crippen molar-refractivity contribution in [3.05, 3.63) is 0 Å². The molecule has 1 fully saturated rings. The summed E-state index contributed by atoms with van der Waals surface area (Å²) in [6, 6.07) is 2.11. The molecule has 1 aliphatic rings. The molecule has 0 saturated heterocycles. The lowest BCUT2D eigenvalue weighted by atomic mass is 10.4. The third-order valence-corrected chi connectivity index (χ3v) is 4.43. The molecule has 0 aromatic carbocycles. The Morgan fingerprint density at radius 2 is 2.12 bits per heavy atom. The summed E-state index contributed by atoms with van der Waals surface area (Å²) < 4.78 is 30.8. The van der Waals surface area contributed by atoms with Crippen LogP contribution in [0.4, 0.5) is 0 Å². The van der Waals surface area contributed by atoms with Crippen molar-refractivity contribution in [2.45, 2.75) is 45.3 Å². The molecule has 0 bridgehead atoms. The van der Waals surface area contributed by atoms with Gasteiger partial charge in [0.15, 0.2) is 0 Å². The summed E-state index contributed by atoms with van der Waals surface area (Å²) in [4.78, 5) is 0. The molecule has 0 atom stereocenters. The Hall–Kier alpha value is -0.640. The van der Waals surface area contributed by atoms with E-state index in [1.54, 1.807) is 0 Å². The maximum Gasteiger partial charge on any atom is 0.216 e. The molecule has 0 aromatic rings. The van der Waals surface area contributed by atoms with Gasteiger partial charge in [-0.3, -0.25) is 0 Å². The van der Waals surface area contributed by atoms with E-state index in [9.17, 15) is 8.42 Å². The monoisotopic (exact) mass is 260 g/mol. The van der Waals surface area contributed by atoms with E-state index in [0.29, 0.717) is 6.54 Å². The fraction of sp³-hybridized carbons (Fsp3) is 0.909. The van der Waals surface area contributed by atoms with E-state index in [-0.39, 0.29) is 30.9 Å². The highest BCUT2D eigenvalue weighted by molar-refractivity contribution is 7.89. The van der Waals surface area contributed by atoms with Crippen LogP contribution in [-0.4, -0.2) is 43.8 Å². The van der Waals surface area contributed by atoms with E-state index in [4.69, 9.17) is 10.00 Å². The van der Waals surface area contributed by atoms with E-state index in [1.807, 2.05) is 19.9 Å². The Balaban J connectivity index is 2.49. The van der Waals surface area contributed by atoms with Gasteiger partial charge in [0, 0.05) is 19.0 Å². The highest BCUT2D eigenvalue weighted by Crippen LogP contribution is 2.29. The van der Waals surface area contributed by atoms with Crippen LogP contribution in [0.2, 0.25) is 0 Å². The van der Waals surface area contributed by atoms with E-state index in [1.165, 1.54) is 4.31 Å². The van der Waals surface area contributed by atoms with Crippen LogP contribution in [-0.2, 0) is 14.8 Å². The maximum absolute atomic E-state index is 12.0. The fourth-order valence-corrected chi connectivity index (χ4v) is 3.15. The number of nitrogens with zero attached hydrogens (tertiary/aromatic N) is 2. The fourth-order valence-electron chi connectivity index (χ4n) is 1.58. The lowest BCUT2D eigenvalue weighted by Gasteiger charge is -2.20. The van der Waals surface area contributed by atoms with Gasteiger partial charge in [0.05, 0.1) is 24.5 Å². The van der Waals surface area contributed by atoms with E-state index < -0.39 is 10.0 Å². The summed E-state index contributed by atoms with van der Waals surface area (Å²) in [6.45, 7) is 4.28. The Morgan fingerprint density at radius 1 is 1.47 bits per heavy atom. The molecule has 1 aliphatic carbocycles. The van der Waals surface area contributed by atoms with Crippen molar-refractivity contribution in [2.24, 2.45) is 0 Å². The number of rotatable bonds is 8. The van der Waals surface area contributed by atoms with Gasteiger partial charge in [-0.05, 0) is 26.7 Å². The van der Waals surface area contributed by atoms with Gasteiger partial charge < -0.3 is 4.74 Å². The van der Waals surface area contributed by atoms with Gasteiger partial charge in [-0.25, -0.2) is 8.42 Å². The van der Waals surface area contributed by atoms with Crippen LogP contribution in [0.15, 0.2) is 0 Å². The van der Waals surface area contributed by atoms with Gasteiger partial charge >= 0.3 is 0 Å². The van der Waals surface area contributed by atoms with Crippen LogP contribution in [0, 0.1) is 11.3 Å². The van der Waals surface area contributed by atoms with E-state index >= 15 is 0 Å². The topological polar surface area (TPSA) is 70.4 Å². The molecule has 0 amide bonds. The number of hydrogen-bond acceptors (Lipinski definition) is 4. The van der Waals surface area contributed by atoms with Crippen LogP contribution in [0.1, 0.15) is 33.1 Å². The lowest BCUT2D eigenvalue weighted by molar-refractivity contribution is 0.0906. The summed E-state index contributed by atoms with van der Waals surface area (Å²) in [6.07, 6.45) is 2.12. The summed E-state index contributed by atoms with van der Waals surface area (Å²) in [7, 11) is -3.27. The van der Waals surface area contributed by atoms with Crippen LogP contribution in [0.25, 0.3) is 0 Å². The molecular weight excluding hydrogens is 240 g/mol. The average molecular weight is 260 g/mol. The molecule has 5 nitrogen and oxygen atoms in total. The minimum atomic E-state index is -3.27. The highest BCUT2D eigenvalue weighted by Gasteiger charge is 2.36. The molecule has 0 N–H and O–H groups in total. The molecular formula is C11H20N2O3S. The Kier molecular flexibility index (Phi) is 5.37. The SMILES string of the molecule is CC(C)OCCS(=O)(=O)N(CCC#N)C1CC1. The molecule has 1 saturated carbocycles. The number of hydrogen-bond donors (Lipinski definition) is 0. The van der Waals surface area contributed by atoms with Gasteiger partial charge in [0.1, 0.15) is 0 Å². The lowest BCUT2D eigenvalue weighted by Crippen LogP contribution is -2.37. The normalized spacial score (nSPS) is 16.4. The van der Waals surface area contributed by atoms with Crippen molar-refractivity contribution >= 4 is 10.0 Å². The summed E-state index contributed by atoms with van der Waals surface area (Å²) in [5.74, 6) is 0.00705. The molecule has 17 heavy (non-hydrogen) atoms. The molecule has 0 heterocycles. The van der Waals surface area contributed by atoms with Crippen LogP contribution >= 0.6 is 0 Å². The highest BCUT2D eigenvalue weighted by atomic mass is 32.2. The molecule has 0 unspecified atom stereocenters. The Labute approximate surface area is 103 Å². The zero-order chi connectivity index (χ0) is 12.9. The van der Waals surface area contributed by atoms with Gasteiger partial charge in [-0.2, -0.15) is 9.57 Å². The Bertz CT molecular complexity index is 369. The van der Waals surface area contributed by atoms with Crippen molar-refractivity contribution in [3.63, 3.8) is 0 Å². The molecule has 0 aromatic heterocycles. The minimum Gasteiger partial charge on any atom is -0.378 e. The van der Waals surface area contributed by atoms with Gasteiger partial charge in [-0.1, -0.05) is 0 Å². The summed E-state index contributed by atoms with van der Waals surface area (Å²) in [5, 5.41) is 8.54. The standard InChI is InChI=1S/C11H20N2O3S/c1-10(2)16-8-9-17(14,15)13(7-3-6-12)11-4-5-11/h10-11H,3-5,7-9H2,1-2H3. The van der Waals surface area contributed by atoms with Gasteiger partial charge in [0.25, 0.3) is 0 Å². The maximum atomic E-state index is 12.0. The van der Waals surface area contributed by atoms with E-state index in [0.717, 1.165) is 12.8 Å². The second-order valence-corrected chi connectivity index (χ2v) is 6.53. The van der Waals surface area contributed by atoms with Crippen molar-refractivity contribution in [1.82, 2.24) is 4.31 Å². The van der Waals surface area contributed by atoms with Crippen molar-refractivity contribution in [3.8, 4) is 6.07 Å². The van der Waals surface area contributed by atoms with Crippen molar-refractivity contribution < 1.29 is 13.2 Å². The first kappa shape index (κ1) is 14.4. The van der Waals surface area contributed by atoms with Crippen LogP contribution < -0.4 is 0 Å². The average Bonchev–Trinajstić information content (AvgIpc) is 3.01. The molecule has 0 aliphatic heterocycles. The van der Waals surface area contributed by atoms with Crippen LogP contribution in [0.3, 0.4) is 0 Å². The van der Waals surface area contributed by atoms with Crippen molar-refractivity contribution in [2.75, 3.05) is 18.9 Å². The van der Waals surface area contributed by atoms with Gasteiger partial charge in [-0.15, -0.1) is 0 Å². The first-order chi connectivity index (χ1) is 7.97. The summed E-state index contributed by atoms with van der Waals surface area (Å²) in [5.41, 5.74) is 0. The number of ether oxygens (including phenoxy) is 1. The molecule has 0 radical (unpaired) electrons. The third kappa shape index (κ3) is 5.02. The summed E-state index contributed by atoms with van der Waals surface area (Å²) >= 11 is 0. The van der Waals surface area contributed by atoms with Gasteiger partial charge in [0.2, 0.25) is 10.0 Å². The second kappa shape index (κ2) is 6.34. The van der Waals surface area contributed by atoms with Crippen molar-refractivity contribution in [1.29, 1.82) is 5.26 Å². The molecule has 6 heteroatoms. The third-order valence-electron chi connectivity index (χ3n) is 2.55. The predicted molar refractivity (Wildman–Crippen MR) is 64.8 cm³/mol. The zero-order valence-corrected chi connectivity index (χ0v) is 11.2. The predicted octanol–water partition coefficient (Wildman–Crippen LogP) is 1.12. The number of sulfonamides is 1. The smallest absolute Gasteiger partial charge is 0.216 e. The first-order valence-corrected chi connectivity index (χ1v) is 7.56. The van der Waals surface area contributed by atoms with E-state index in [2.05, 4.69) is 0 Å². The quantitative estimate of drug-likeness (QED) is 0.655. The zero-order valence-electron chi connectivity index (χ0n) is 10.4.